The van der Waals surface area contributed by atoms with Gasteiger partial charge in [0.1, 0.15) is 0 Å². The number of hydrogen-bond acceptors (Lipinski definition) is 1. The van der Waals surface area contributed by atoms with Gasteiger partial charge >= 0.3 is 0 Å². The standard InChI is InChI=1S/C55H38N2/c1-2-16-37(17-3-1)41-18-7-13-27-52(41)56(38-30-32-39(33-31-38)57-53-28-14-8-22-46(53)47-23-9-15-29-54(47)57)40-34-35-45-44-21-6-12-26-50(44)55(51(45)36-40)48-24-10-4-19-42(48)43-20-5-11-25-49(43)55/h1-10,12-24,26-36H,11,25H2. The molecule has 3 aliphatic carbocycles. The number of fused-ring (bicyclic) bond motifs is 12. The third-order valence-electron chi connectivity index (χ3n) is 12.7. The summed E-state index contributed by atoms with van der Waals surface area (Å²) in [5, 5.41) is 2.53. The Labute approximate surface area is 332 Å². The molecule has 0 radical (unpaired) electrons. The molecule has 0 bridgehead atoms. The van der Waals surface area contributed by atoms with E-state index in [1.54, 1.807) is 0 Å². The number of rotatable bonds is 5. The molecule has 1 unspecified atom stereocenters. The first-order chi connectivity index (χ1) is 28.3. The maximum atomic E-state index is 2.52. The zero-order valence-electron chi connectivity index (χ0n) is 31.4. The largest absolute Gasteiger partial charge is 0.310 e. The summed E-state index contributed by atoms with van der Waals surface area (Å²) in [5.74, 6) is 0. The van der Waals surface area contributed by atoms with Gasteiger partial charge in [0.15, 0.2) is 0 Å². The maximum Gasteiger partial charge on any atom is 0.0689 e. The molecule has 1 heterocycles. The number of anilines is 3. The second-order valence-electron chi connectivity index (χ2n) is 15.5. The van der Waals surface area contributed by atoms with Gasteiger partial charge in [0, 0.05) is 33.4 Å². The van der Waals surface area contributed by atoms with Crippen molar-refractivity contribution in [3.63, 3.8) is 0 Å². The minimum Gasteiger partial charge on any atom is -0.310 e. The van der Waals surface area contributed by atoms with Crippen LogP contribution in [0.1, 0.15) is 35.1 Å². The molecule has 0 aliphatic heterocycles. The number of para-hydroxylation sites is 3. The van der Waals surface area contributed by atoms with Crippen LogP contribution in [0.15, 0.2) is 212 Å². The van der Waals surface area contributed by atoms with E-state index in [0.29, 0.717) is 0 Å². The molecule has 0 N–H and O–H groups in total. The second kappa shape index (κ2) is 12.4. The Morgan fingerprint density at radius 3 is 1.79 bits per heavy atom. The summed E-state index contributed by atoms with van der Waals surface area (Å²) in [4.78, 5) is 2.48. The van der Waals surface area contributed by atoms with Gasteiger partial charge in [0.2, 0.25) is 0 Å². The van der Waals surface area contributed by atoms with Crippen LogP contribution >= 0.6 is 0 Å². The summed E-state index contributed by atoms with van der Waals surface area (Å²) in [6.45, 7) is 0. The lowest BCUT2D eigenvalue weighted by molar-refractivity contribution is 0.714. The molecule has 2 heteroatoms. The van der Waals surface area contributed by atoms with Crippen LogP contribution in [0.5, 0.6) is 0 Å². The van der Waals surface area contributed by atoms with Gasteiger partial charge in [0.25, 0.3) is 0 Å². The highest BCUT2D eigenvalue weighted by Crippen LogP contribution is 2.64. The van der Waals surface area contributed by atoms with E-state index in [0.717, 1.165) is 35.6 Å². The van der Waals surface area contributed by atoms with Crippen molar-refractivity contribution in [3.8, 4) is 27.9 Å². The first-order valence-corrected chi connectivity index (χ1v) is 20.1. The number of nitrogens with zero attached hydrogens (tertiary/aromatic N) is 2. The van der Waals surface area contributed by atoms with Gasteiger partial charge in [-0.25, -0.2) is 0 Å². The van der Waals surface area contributed by atoms with E-state index in [2.05, 4.69) is 216 Å². The molecule has 9 aromatic rings. The third kappa shape index (κ3) is 4.53. The second-order valence-corrected chi connectivity index (χ2v) is 15.5. The summed E-state index contributed by atoms with van der Waals surface area (Å²) in [6, 6.07) is 71.9. The van der Waals surface area contributed by atoms with E-state index in [-0.39, 0.29) is 5.41 Å². The summed E-state index contributed by atoms with van der Waals surface area (Å²) >= 11 is 0. The fourth-order valence-corrected chi connectivity index (χ4v) is 10.4. The molecule has 3 aliphatic rings. The van der Waals surface area contributed by atoms with Crippen molar-refractivity contribution >= 4 is 44.4 Å². The lowest BCUT2D eigenvalue weighted by Crippen LogP contribution is -2.28. The van der Waals surface area contributed by atoms with Crippen molar-refractivity contribution in [1.82, 2.24) is 4.57 Å². The van der Waals surface area contributed by atoms with E-state index < -0.39 is 0 Å². The summed E-state index contributed by atoms with van der Waals surface area (Å²) in [5.41, 5.74) is 20.1. The van der Waals surface area contributed by atoms with Crippen molar-refractivity contribution in [2.24, 2.45) is 0 Å². The fourth-order valence-electron chi connectivity index (χ4n) is 10.4. The van der Waals surface area contributed by atoms with Crippen LogP contribution in [0.2, 0.25) is 0 Å². The van der Waals surface area contributed by atoms with Crippen molar-refractivity contribution in [1.29, 1.82) is 0 Å². The molecule has 0 fully saturated rings. The molecule has 0 amide bonds. The normalized spacial score (nSPS) is 16.2. The van der Waals surface area contributed by atoms with Crippen LogP contribution < -0.4 is 4.90 Å². The molecule has 0 saturated heterocycles. The number of allylic oxidation sites excluding steroid dienone is 4. The Kier molecular flexibility index (Phi) is 7.00. The van der Waals surface area contributed by atoms with Crippen molar-refractivity contribution in [3.05, 3.63) is 234 Å². The lowest BCUT2D eigenvalue weighted by atomic mass is 9.68. The molecule has 1 aromatic heterocycles. The molecule has 1 atom stereocenters. The Balaban J connectivity index is 1.09. The Hall–Kier alpha value is -7.16. The minimum atomic E-state index is -0.344. The van der Waals surface area contributed by atoms with Crippen LogP contribution in [-0.4, -0.2) is 4.57 Å². The van der Waals surface area contributed by atoms with E-state index in [4.69, 9.17) is 0 Å². The number of hydrogen-bond donors (Lipinski definition) is 0. The molecule has 1 spiro atoms. The van der Waals surface area contributed by atoms with Gasteiger partial charge in [-0.15, -0.1) is 0 Å². The van der Waals surface area contributed by atoms with Gasteiger partial charge in [-0.3, -0.25) is 0 Å². The average molecular weight is 727 g/mol. The summed E-state index contributed by atoms with van der Waals surface area (Å²) in [6.07, 6.45) is 6.85. The third-order valence-corrected chi connectivity index (χ3v) is 12.7. The molecule has 12 rings (SSSR count). The van der Waals surface area contributed by atoms with Crippen LogP contribution in [-0.2, 0) is 5.41 Å². The monoisotopic (exact) mass is 726 g/mol. The van der Waals surface area contributed by atoms with Gasteiger partial charge in [-0.1, -0.05) is 152 Å². The lowest BCUT2D eigenvalue weighted by Gasteiger charge is -2.34. The first kappa shape index (κ1) is 32.1. The topological polar surface area (TPSA) is 8.17 Å². The van der Waals surface area contributed by atoms with Crippen LogP contribution in [0.25, 0.3) is 55.3 Å². The fraction of sp³-hybridized carbons (Fsp3) is 0.0545. The van der Waals surface area contributed by atoms with Gasteiger partial charge < -0.3 is 9.47 Å². The molecule has 2 nitrogen and oxygen atoms in total. The van der Waals surface area contributed by atoms with E-state index >= 15 is 0 Å². The van der Waals surface area contributed by atoms with Crippen LogP contribution in [0, 0.1) is 0 Å². The molecule has 0 saturated carbocycles. The van der Waals surface area contributed by atoms with Crippen LogP contribution in [0.4, 0.5) is 17.1 Å². The molecular weight excluding hydrogens is 689 g/mol. The van der Waals surface area contributed by atoms with E-state index in [1.165, 1.54) is 77.5 Å². The molecular formula is C55H38N2. The van der Waals surface area contributed by atoms with Crippen LogP contribution in [0.3, 0.4) is 0 Å². The highest BCUT2D eigenvalue weighted by Gasteiger charge is 2.52. The Morgan fingerprint density at radius 1 is 0.456 bits per heavy atom. The molecule has 8 aromatic carbocycles. The highest BCUT2D eigenvalue weighted by molar-refractivity contribution is 6.09. The SMILES string of the molecule is C1=CC2=C(CC1)C1(c3ccccc32)c2ccccc2-c2ccc(N(c3ccc(-n4c5ccccc5c5ccccc54)cc3)c3ccccc3-c3ccccc3)cc21. The first-order valence-electron chi connectivity index (χ1n) is 20.1. The van der Waals surface area contributed by atoms with Gasteiger partial charge in [0.05, 0.1) is 22.1 Å². The van der Waals surface area contributed by atoms with E-state index in [1.807, 2.05) is 0 Å². The maximum absolute atomic E-state index is 2.52. The summed E-state index contributed by atoms with van der Waals surface area (Å²) in [7, 11) is 0. The smallest absolute Gasteiger partial charge is 0.0689 e. The Bertz CT molecular complexity index is 3070. The van der Waals surface area contributed by atoms with Crippen molar-refractivity contribution < 1.29 is 0 Å². The van der Waals surface area contributed by atoms with Gasteiger partial charge in [-0.2, -0.15) is 0 Å². The highest BCUT2D eigenvalue weighted by atomic mass is 15.1. The van der Waals surface area contributed by atoms with Crippen molar-refractivity contribution in [2.45, 2.75) is 18.3 Å². The average Bonchev–Trinajstić information content (AvgIpc) is 3.89. The predicted molar refractivity (Wildman–Crippen MR) is 238 cm³/mol. The van der Waals surface area contributed by atoms with Crippen molar-refractivity contribution in [2.75, 3.05) is 4.90 Å². The number of benzene rings is 8. The molecule has 57 heavy (non-hydrogen) atoms. The Morgan fingerprint density at radius 2 is 1.04 bits per heavy atom. The van der Waals surface area contributed by atoms with E-state index in [9.17, 15) is 0 Å². The summed E-state index contributed by atoms with van der Waals surface area (Å²) < 4.78 is 2.40. The quantitative estimate of drug-likeness (QED) is 0.171. The molecule has 268 valence electrons. The van der Waals surface area contributed by atoms with Gasteiger partial charge in [-0.05, 0) is 118 Å². The predicted octanol–water partition coefficient (Wildman–Crippen LogP) is 14.4. The zero-order valence-corrected chi connectivity index (χ0v) is 31.4. The minimum absolute atomic E-state index is 0.344. The zero-order chi connectivity index (χ0) is 37.5. The number of aromatic nitrogens is 1.